The molecule has 1 fully saturated rings. The number of nitrogens with zero attached hydrogens (tertiary/aromatic N) is 3. The van der Waals surface area contributed by atoms with Gasteiger partial charge < -0.3 is 10.2 Å². The fraction of sp³-hybridized carbons (Fsp3) is 0.800. The van der Waals surface area contributed by atoms with Crippen molar-refractivity contribution in [2.75, 3.05) is 26.2 Å². The van der Waals surface area contributed by atoms with E-state index in [-0.39, 0.29) is 0 Å². The fourth-order valence-corrected chi connectivity index (χ4v) is 3.68. The monoisotopic (exact) mass is 342 g/mol. The number of rotatable bonds is 7. The van der Waals surface area contributed by atoms with Crippen LogP contribution in [0.4, 0.5) is 0 Å². The van der Waals surface area contributed by atoms with Crippen molar-refractivity contribution in [3.63, 3.8) is 0 Å². The van der Waals surface area contributed by atoms with Crippen LogP contribution in [-0.4, -0.2) is 40.9 Å². The minimum Gasteiger partial charge on any atom is -0.311 e. The third-order valence-electron chi connectivity index (χ3n) is 4.06. The molecular formula is C15H27BrN4. The first-order chi connectivity index (χ1) is 9.61. The Morgan fingerprint density at radius 2 is 2.05 bits per heavy atom. The summed E-state index contributed by atoms with van der Waals surface area (Å²) < 4.78 is 3.16. The molecular weight excluding hydrogens is 316 g/mol. The molecule has 2 heterocycles. The van der Waals surface area contributed by atoms with Crippen molar-refractivity contribution in [2.24, 2.45) is 13.0 Å². The van der Waals surface area contributed by atoms with Gasteiger partial charge in [0.05, 0.1) is 15.9 Å². The molecule has 2 rings (SSSR count). The first-order valence-corrected chi connectivity index (χ1v) is 8.54. The van der Waals surface area contributed by atoms with Gasteiger partial charge in [-0.2, -0.15) is 5.10 Å². The van der Waals surface area contributed by atoms with Crippen molar-refractivity contribution in [3.8, 4) is 0 Å². The van der Waals surface area contributed by atoms with E-state index in [2.05, 4.69) is 45.1 Å². The summed E-state index contributed by atoms with van der Waals surface area (Å²) in [6, 6.07) is 0. The van der Waals surface area contributed by atoms with Crippen LogP contribution >= 0.6 is 15.9 Å². The van der Waals surface area contributed by atoms with Crippen molar-refractivity contribution in [1.82, 2.24) is 20.0 Å². The van der Waals surface area contributed by atoms with Crippen LogP contribution < -0.4 is 5.32 Å². The molecule has 0 bridgehead atoms. The van der Waals surface area contributed by atoms with Gasteiger partial charge in [0.2, 0.25) is 0 Å². The zero-order chi connectivity index (χ0) is 14.5. The Kier molecular flexibility index (Phi) is 6.05. The number of hydrogen-bond donors (Lipinski definition) is 1. The second-order valence-electron chi connectivity index (χ2n) is 5.93. The molecule has 4 nitrogen and oxygen atoms in total. The van der Waals surface area contributed by atoms with Crippen LogP contribution in [0.1, 0.15) is 38.1 Å². The van der Waals surface area contributed by atoms with Gasteiger partial charge in [-0.1, -0.05) is 13.8 Å². The molecule has 1 aromatic heterocycles. The molecule has 5 heteroatoms. The molecule has 114 valence electrons. The van der Waals surface area contributed by atoms with Crippen molar-refractivity contribution >= 4 is 15.9 Å². The minimum absolute atomic E-state index is 0.700. The largest absolute Gasteiger partial charge is 0.311 e. The zero-order valence-electron chi connectivity index (χ0n) is 13.0. The van der Waals surface area contributed by atoms with Crippen molar-refractivity contribution in [3.05, 3.63) is 15.9 Å². The van der Waals surface area contributed by atoms with Crippen LogP contribution in [0.5, 0.6) is 0 Å². The molecule has 0 spiro atoms. The molecule has 1 atom stereocenters. The van der Waals surface area contributed by atoms with E-state index in [9.17, 15) is 0 Å². The average Bonchev–Trinajstić information content (AvgIpc) is 3.01. The summed E-state index contributed by atoms with van der Waals surface area (Å²) in [5, 5.41) is 8.11. The van der Waals surface area contributed by atoms with E-state index in [1.54, 1.807) is 0 Å². The second-order valence-corrected chi connectivity index (χ2v) is 6.72. The lowest BCUT2D eigenvalue weighted by Crippen LogP contribution is -2.31. The van der Waals surface area contributed by atoms with Gasteiger partial charge in [-0.15, -0.1) is 0 Å². The molecule has 1 N–H and O–H groups in total. The van der Waals surface area contributed by atoms with Gasteiger partial charge in [-0.05, 0) is 60.7 Å². The van der Waals surface area contributed by atoms with Crippen LogP contribution in [0.2, 0.25) is 0 Å². The molecule has 0 saturated carbocycles. The second kappa shape index (κ2) is 7.57. The van der Waals surface area contributed by atoms with Crippen molar-refractivity contribution in [1.29, 1.82) is 0 Å². The zero-order valence-corrected chi connectivity index (χ0v) is 14.5. The van der Waals surface area contributed by atoms with Crippen LogP contribution in [0.15, 0.2) is 4.47 Å². The smallest absolute Gasteiger partial charge is 0.0767 e. The number of aromatic nitrogens is 2. The highest BCUT2D eigenvalue weighted by molar-refractivity contribution is 9.10. The lowest BCUT2D eigenvalue weighted by molar-refractivity contribution is 0.282. The predicted molar refractivity (Wildman–Crippen MR) is 86.8 cm³/mol. The quantitative estimate of drug-likeness (QED) is 0.826. The highest BCUT2D eigenvalue weighted by atomic mass is 79.9. The van der Waals surface area contributed by atoms with E-state index in [1.807, 2.05) is 11.7 Å². The summed E-state index contributed by atoms with van der Waals surface area (Å²) in [5.74, 6) is 0.700. The van der Waals surface area contributed by atoms with Crippen LogP contribution in [-0.2, 0) is 20.0 Å². The van der Waals surface area contributed by atoms with Gasteiger partial charge in [0, 0.05) is 20.1 Å². The van der Waals surface area contributed by atoms with Gasteiger partial charge in [-0.25, -0.2) is 0 Å². The molecule has 1 unspecified atom stereocenters. The summed E-state index contributed by atoms with van der Waals surface area (Å²) in [5.41, 5.74) is 2.39. The average molecular weight is 343 g/mol. The Balaban J connectivity index is 1.76. The molecule has 0 radical (unpaired) electrons. The van der Waals surface area contributed by atoms with Gasteiger partial charge in [0.15, 0.2) is 0 Å². The minimum atomic E-state index is 0.700. The third kappa shape index (κ3) is 4.06. The molecule has 0 aliphatic carbocycles. The molecule has 1 saturated heterocycles. The van der Waals surface area contributed by atoms with Crippen LogP contribution in [0.3, 0.4) is 0 Å². The van der Waals surface area contributed by atoms with E-state index in [0.29, 0.717) is 5.92 Å². The fourth-order valence-electron chi connectivity index (χ4n) is 2.92. The first kappa shape index (κ1) is 16.0. The standard InChI is InChI=1S/C15H27BrN4/c1-4-13-15(16)14(19(3)18-13)10-17-9-12(2)11-20-7-5-6-8-20/h12,17H,4-11H2,1-3H3. The number of hydrogen-bond acceptors (Lipinski definition) is 3. The van der Waals surface area contributed by atoms with Gasteiger partial charge >= 0.3 is 0 Å². The maximum absolute atomic E-state index is 4.53. The Morgan fingerprint density at radius 3 is 2.65 bits per heavy atom. The lowest BCUT2D eigenvalue weighted by Gasteiger charge is -2.20. The summed E-state index contributed by atoms with van der Waals surface area (Å²) >= 11 is 3.67. The van der Waals surface area contributed by atoms with E-state index < -0.39 is 0 Å². The van der Waals surface area contributed by atoms with E-state index in [0.717, 1.165) is 25.2 Å². The van der Waals surface area contributed by atoms with E-state index >= 15 is 0 Å². The third-order valence-corrected chi connectivity index (χ3v) is 4.97. The van der Waals surface area contributed by atoms with Crippen molar-refractivity contribution < 1.29 is 0 Å². The normalized spacial score (nSPS) is 17.8. The van der Waals surface area contributed by atoms with Crippen LogP contribution in [0, 0.1) is 5.92 Å². The number of nitrogens with one attached hydrogen (secondary N) is 1. The Morgan fingerprint density at radius 1 is 1.35 bits per heavy atom. The molecule has 1 aromatic rings. The summed E-state index contributed by atoms with van der Waals surface area (Å²) in [4.78, 5) is 2.58. The Labute approximate surface area is 131 Å². The van der Waals surface area contributed by atoms with E-state index in [4.69, 9.17) is 0 Å². The molecule has 1 aliphatic rings. The van der Waals surface area contributed by atoms with E-state index in [1.165, 1.54) is 42.6 Å². The Bertz CT molecular complexity index is 424. The predicted octanol–water partition coefficient (Wildman–Crippen LogP) is 2.57. The molecule has 0 aromatic carbocycles. The summed E-state index contributed by atoms with van der Waals surface area (Å²) in [7, 11) is 2.02. The maximum atomic E-state index is 4.53. The first-order valence-electron chi connectivity index (χ1n) is 7.75. The maximum Gasteiger partial charge on any atom is 0.0767 e. The lowest BCUT2D eigenvalue weighted by atomic mass is 10.1. The van der Waals surface area contributed by atoms with Crippen LogP contribution in [0.25, 0.3) is 0 Å². The molecule has 20 heavy (non-hydrogen) atoms. The number of aryl methyl sites for hydroxylation is 2. The highest BCUT2D eigenvalue weighted by Gasteiger charge is 2.15. The molecule has 0 amide bonds. The highest BCUT2D eigenvalue weighted by Crippen LogP contribution is 2.21. The van der Waals surface area contributed by atoms with Gasteiger partial charge in [0.1, 0.15) is 0 Å². The topological polar surface area (TPSA) is 33.1 Å². The van der Waals surface area contributed by atoms with Crippen molar-refractivity contribution in [2.45, 2.75) is 39.7 Å². The number of halogens is 1. The van der Waals surface area contributed by atoms with Gasteiger partial charge in [-0.3, -0.25) is 4.68 Å². The SMILES string of the molecule is CCc1nn(C)c(CNCC(C)CN2CCCC2)c1Br. The Hall–Kier alpha value is -0.390. The van der Waals surface area contributed by atoms with Gasteiger partial charge in [0.25, 0.3) is 0 Å². The summed E-state index contributed by atoms with van der Waals surface area (Å²) in [6.07, 6.45) is 3.73. The number of likely N-dealkylation sites (tertiary alicyclic amines) is 1. The molecule has 1 aliphatic heterocycles. The summed E-state index contributed by atoms with van der Waals surface area (Å²) in [6.45, 7) is 10.2.